The van der Waals surface area contributed by atoms with Gasteiger partial charge in [-0.25, -0.2) is 0 Å². The largest absolute Gasteiger partial charge is 0.495 e. The van der Waals surface area contributed by atoms with Crippen LogP contribution in [-0.2, 0) is 6.42 Å². The first kappa shape index (κ1) is 10.2. The van der Waals surface area contributed by atoms with Crippen molar-refractivity contribution in [2.75, 3.05) is 7.11 Å². The smallest absolute Gasteiger partial charge is 0.137 e. The van der Waals surface area contributed by atoms with Crippen molar-refractivity contribution in [3.63, 3.8) is 0 Å². The topological polar surface area (TPSA) is 9.23 Å². The molecule has 74 valence electrons. The second kappa shape index (κ2) is 4.06. The lowest BCUT2D eigenvalue weighted by atomic mass is 10.2. The second-order valence-corrected chi connectivity index (χ2v) is 5.48. The van der Waals surface area contributed by atoms with Gasteiger partial charge in [0.25, 0.3) is 0 Å². The Morgan fingerprint density at radius 1 is 1.36 bits per heavy atom. The van der Waals surface area contributed by atoms with Crippen molar-refractivity contribution >= 4 is 44.0 Å². The number of hydrogen-bond acceptors (Lipinski definition) is 2. The van der Waals surface area contributed by atoms with Crippen LogP contribution in [0.5, 0.6) is 5.75 Å². The zero-order valence-corrected chi connectivity index (χ0v) is 11.1. The monoisotopic (exact) mass is 318 g/mol. The zero-order valence-electron chi connectivity index (χ0n) is 8.13. The van der Waals surface area contributed by atoms with E-state index in [2.05, 4.69) is 47.7 Å². The van der Waals surface area contributed by atoms with Crippen molar-refractivity contribution in [3.8, 4) is 5.75 Å². The maximum atomic E-state index is 5.37. The molecule has 0 saturated carbocycles. The van der Waals surface area contributed by atoms with Crippen LogP contribution in [0.3, 0.4) is 0 Å². The fraction of sp³-hybridized carbons (Fsp3) is 0.273. The van der Waals surface area contributed by atoms with Crippen molar-refractivity contribution in [2.45, 2.75) is 13.3 Å². The lowest BCUT2D eigenvalue weighted by Crippen LogP contribution is -1.83. The Bertz CT molecular complexity index is 462. The minimum Gasteiger partial charge on any atom is -0.495 e. The van der Waals surface area contributed by atoms with E-state index < -0.39 is 0 Å². The predicted octanol–water partition coefficient (Wildman–Crippen LogP) is 4.08. The number of halogens is 1. The fourth-order valence-corrected chi connectivity index (χ4v) is 3.15. The van der Waals surface area contributed by atoms with Gasteiger partial charge < -0.3 is 4.74 Å². The Balaban J connectivity index is 2.71. The summed E-state index contributed by atoms with van der Waals surface area (Å²) in [4.78, 5) is 1.42. The summed E-state index contributed by atoms with van der Waals surface area (Å²) in [7, 11) is 1.73. The minimum atomic E-state index is 0.997. The molecule has 0 unspecified atom stereocenters. The van der Waals surface area contributed by atoms with Crippen LogP contribution in [0.4, 0.5) is 0 Å². The lowest BCUT2D eigenvalue weighted by molar-refractivity contribution is 0.420. The van der Waals surface area contributed by atoms with Crippen LogP contribution in [0.2, 0.25) is 0 Å². The molecule has 0 aliphatic carbocycles. The van der Waals surface area contributed by atoms with E-state index in [0.29, 0.717) is 0 Å². The minimum absolute atomic E-state index is 0.997. The van der Waals surface area contributed by atoms with E-state index in [4.69, 9.17) is 4.74 Å². The SMILES string of the molecule is CCc1cc2cc(I)cc(OC)c2s1. The quantitative estimate of drug-likeness (QED) is 0.758. The van der Waals surface area contributed by atoms with Gasteiger partial charge in [0.1, 0.15) is 5.75 Å². The number of fused-ring (bicyclic) bond motifs is 1. The Labute approximate surface area is 101 Å². The molecular weight excluding hydrogens is 307 g/mol. The molecule has 0 bridgehead atoms. The van der Waals surface area contributed by atoms with Crippen LogP contribution in [0.15, 0.2) is 18.2 Å². The van der Waals surface area contributed by atoms with E-state index in [9.17, 15) is 0 Å². The number of hydrogen-bond donors (Lipinski definition) is 0. The summed E-state index contributed by atoms with van der Waals surface area (Å²) in [5.41, 5.74) is 0. The van der Waals surface area contributed by atoms with E-state index in [1.807, 2.05) is 11.3 Å². The van der Waals surface area contributed by atoms with Gasteiger partial charge in [-0.1, -0.05) is 6.92 Å². The maximum Gasteiger partial charge on any atom is 0.137 e. The summed E-state index contributed by atoms with van der Waals surface area (Å²) in [6, 6.07) is 6.54. The first-order valence-electron chi connectivity index (χ1n) is 4.50. The van der Waals surface area contributed by atoms with E-state index in [1.54, 1.807) is 7.11 Å². The number of rotatable bonds is 2. The molecule has 2 aromatic rings. The molecule has 0 saturated heterocycles. The predicted molar refractivity (Wildman–Crippen MR) is 70.5 cm³/mol. The summed E-state index contributed by atoms with van der Waals surface area (Å²) >= 11 is 4.15. The highest BCUT2D eigenvalue weighted by Gasteiger charge is 2.07. The van der Waals surface area contributed by atoms with E-state index in [0.717, 1.165) is 12.2 Å². The maximum absolute atomic E-state index is 5.37. The molecule has 3 heteroatoms. The standard InChI is InChI=1S/C11H11IOS/c1-3-9-5-7-4-8(12)6-10(13-2)11(7)14-9/h4-6H,3H2,1-2H3. The van der Waals surface area contributed by atoms with Gasteiger partial charge in [0, 0.05) is 8.45 Å². The molecule has 0 spiro atoms. The van der Waals surface area contributed by atoms with Crippen LogP contribution in [0.25, 0.3) is 10.1 Å². The zero-order chi connectivity index (χ0) is 10.1. The van der Waals surface area contributed by atoms with Crippen LogP contribution < -0.4 is 4.74 Å². The molecule has 0 aliphatic heterocycles. The van der Waals surface area contributed by atoms with Crippen LogP contribution in [0, 0.1) is 3.57 Å². The van der Waals surface area contributed by atoms with Crippen molar-refractivity contribution in [1.82, 2.24) is 0 Å². The molecular formula is C11H11IOS. The summed E-state index contributed by atoms with van der Waals surface area (Å²) < 4.78 is 7.87. The average Bonchev–Trinajstić information content (AvgIpc) is 2.59. The fourth-order valence-electron chi connectivity index (χ4n) is 1.47. The van der Waals surface area contributed by atoms with Gasteiger partial charge in [-0.15, -0.1) is 11.3 Å². The van der Waals surface area contributed by atoms with Gasteiger partial charge in [0.15, 0.2) is 0 Å². The molecule has 2 rings (SSSR count). The third-order valence-electron chi connectivity index (χ3n) is 2.17. The molecule has 0 radical (unpaired) electrons. The van der Waals surface area contributed by atoms with E-state index >= 15 is 0 Å². The lowest BCUT2D eigenvalue weighted by Gasteiger charge is -2.01. The Morgan fingerprint density at radius 2 is 2.14 bits per heavy atom. The molecule has 0 aliphatic rings. The molecule has 1 nitrogen and oxygen atoms in total. The molecule has 0 amide bonds. The van der Waals surface area contributed by atoms with Crippen LogP contribution in [0.1, 0.15) is 11.8 Å². The van der Waals surface area contributed by atoms with Crippen molar-refractivity contribution in [1.29, 1.82) is 0 Å². The summed E-state index contributed by atoms with van der Waals surface area (Å²) in [5.74, 6) is 0.997. The Kier molecular flexibility index (Phi) is 2.97. The van der Waals surface area contributed by atoms with Gasteiger partial charge in [0.2, 0.25) is 0 Å². The summed E-state index contributed by atoms with van der Waals surface area (Å²) in [6.45, 7) is 2.18. The third-order valence-corrected chi connectivity index (χ3v) is 4.10. The van der Waals surface area contributed by atoms with Crippen LogP contribution >= 0.6 is 33.9 Å². The molecule has 0 atom stereocenters. The Hall–Kier alpha value is -0.290. The van der Waals surface area contributed by atoms with Crippen molar-refractivity contribution < 1.29 is 4.74 Å². The molecule has 1 heterocycles. The number of ether oxygens (including phenoxy) is 1. The normalized spacial score (nSPS) is 10.8. The van der Waals surface area contributed by atoms with Crippen molar-refractivity contribution in [3.05, 3.63) is 26.6 Å². The first-order valence-corrected chi connectivity index (χ1v) is 6.40. The van der Waals surface area contributed by atoms with E-state index in [1.165, 1.54) is 18.5 Å². The molecule has 0 fully saturated rings. The highest BCUT2D eigenvalue weighted by atomic mass is 127. The first-order chi connectivity index (χ1) is 6.74. The number of methoxy groups -OCH3 is 1. The number of benzene rings is 1. The summed E-state index contributed by atoms with van der Waals surface area (Å²) in [6.07, 6.45) is 1.10. The highest BCUT2D eigenvalue weighted by Crippen LogP contribution is 2.35. The van der Waals surface area contributed by atoms with Gasteiger partial charge in [-0.3, -0.25) is 0 Å². The highest BCUT2D eigenvalue weighted by molar-refractivity contribution is 14.1. The van der Waals surface area contributed by atoms with Gasteiger partial charge >= 0.3 is 0 Å². The average molecular weight is 318 g/mol. The molecule has 0 N–H and O–H groups in total. The van der Waals surface area contributed by atoms with E-state index in [-0.39, 0.29) is 0 Å². The molecule has 1 aromatic carbocycles. The van der Waals surface area contributed by atoms with Gasteiger partial charge in [0.05, 0.1) is 11.8 Å². The summed E-state index contributed by atoms with van der Waals surface area (Å²) in [5, 5.41) is 1.30. The Morgan fingerprint density at radius 3 is 2.79 bits per heavy atom. The molecule has 1 aromatic heterocycles. The van der Waals surface area contributed by atoms with Crippen LogP contribution in [-0.4, -0.2) is 7.11 Å². The second-order valence-electron chi connectivity index (χ2n) is 3.09. The van der Waals surface area contributed by atoms with Gasteiger partial charge in [-0.05, 0) is 52.6 Å². The number of aryl methyl sites for hydroxylation is 1. The third kappa shape index (κ3) is 1.75. The molecule has 14 heavy (non-hydrogen) atoms. The van der Waals surface area contributed by atoms with Gasteiger partial charge in [-0.2, -0.15) is 0 Å². The number of thiophene rings is 1. The van der Waals surface area contributed by atoms with Crippen molar-refractivity contribution in [2.24, 2.45) is 0 Å².